The van der Waals surface area contributed by atoms with Gasteiger partial charge in [-0.1, -0.05) is 64.5 Å². The molecule has 3 heteroatoms. The Hall–Kier alpha value is -2.55. The number of aryl methyl sites for hydroxylation is 4. The summed E-state index contributed by atoms with van der Waals surface area (Å²) in [6, 6.07) is 18.0. The van der Waals surface area contributed by atoms with Gasteiger partial charge < -0.3 is 5.32 Å². The number of rotatable bonds is 4. The molecule has 0 bridgehead atoms. The summed E-state index contributed by atoms with van der Waals surface area (Å²) in [5.41, 5.74) is 8.71. The van der Waals surface area contributed by atoms with Gasteiger partial charge in [0.05, 0.1) is 5.69 Å². The van der Waals surface area contributed by atoms with E-state index in [9.17, 15) is 4.39 Å². The highest BCUT2D eigenvalue weighted by Gasteiger charge is 2.11. The molecule has 1 N–H and O–H groups in total. The van der Waals surface area contributed by atoms with Gasteiger partial charge in [0.25, 0.3) is 0 Å². The van der Waals surface area contributed by atoms with Gasteiger partial charge in [-0.05, 0) is 51.0 Å². The maximum absolute atomic E-state index is 14.1. The fraction of sp³-hybridized carbons (Fsp3) is 0.182. The number of nitrogens with one attached hydrogen (secondary N) is 1. The van der Waals surface area contributed by atoms with E-state index in [-0.39, 0.29) is 5.82 Å². The van der Waals surface area contributed by atoms with Crippen molar-refractivity contribution in [3.05, 3.63) is 82.7 Å². The fourth-order valence-corrected chi connectivity index (χ4v) is 3.14. The van der Waals surface area contributed by atoms with Crippen LogP contribution in [-0.2, 0) is 0 Å². The summed E-state index contributed by atoms with van der Waals surface area (Å²) < 4.78 is 14.1. The van der Waals surface area contributed by atoms with Gasteiger partial charge in [0.2, 0.25) is 0 Å². The van der Waals surface area contributed by atoms with Crippen LogP contribution >= 0.6 is 0 Å². The minimum Gasteiger partial charge on any atom is -0.353 e. The van der Waals surface area contributed by atoms with Crippen LogP contribution in [0.25, 0.3) is 0 Å². The minimum atomic E-state index is -0.221. The first-order valence-electron chi connectivity index (χ1n) is 8.62. The first-order chi connectivity index (χ1) is 12.0. The topological polar surface area (TPSA) is 12.0 Å². The fourth-order valence-electron chi connectivity index (χ4n) is 3.14. The molecule has 25 heavy (non-hydrogen) atoms. The Morgan fingerprint density at radius 2 is 1.44 bits per heavy atom. The first-order valence-corrected chi connectivity index (χ1v) is 8.62. The van der Waals surface area contributed by atoms with Gasteiger partial charge in [0, 0.05) is 5.69 Å². The van der Waals surface area contributed by atoms with Crippen molar-refractivity contribution >= 4 is 29.6 Å². The molecule has 0 fully saturated rings. The number of benzene rings is 3. The zero-order chi connectivity index (χ0) is 18.0. The largest absolute Gasteiger partial charge is 0.353 e. The van der Waals surface area contributed by atoms with Crippen LogP contribution in [0.15, 0.2) is 54.6 Å². The van der Waals surface area contributed by atoms with Crippen LogP contribution in [0.4, 0.5) is 15.8 Å². The molecule has 0 unspecified atom stereocenters. The molecule has 0 aromatic heterocycles. The zero-order valence-corrected chi connectivity index (χ0v) is 15.3. The van der Waals surface area contributed by atoms with E-state index in [4.69, 9.17) is 0 Å². The normalized spacial score (nSPS) is 10.6. The van der Waals surface area contributed by atoms with Crippen LogP contribution in [0.3, 0.4) is 0 Å². The number of halogens is 1. The van der Waals surface area contributed by atoms with E-state index in [1.165, 1.54) is 28.1 Å². The molecule has 3 aromatic carbocycles. The third kappa shape index (κ3) is 3.76. The van der Waals surface area contributed by atoms with Crippen molar-refractivity contribution in [2.24, 2.45) is 0 Å². The van der Waals surface area contributed by atoms with E-state index in [1.54, 1.807) is 6.07 Å². The highest BCUT2D eigenvalue weighted by atomic mass is 19.1. The van der Waals surface area contributed by atoms with Crippen molar-refractivity contribution in [2.45, 2.75) is 27.7 Å². The first kappa shape index (κ1) is 17.3. The Labute approximate surface area is 150 Å². The summed E-state index contributed by atoms with van der Waals surface area (Å²) in [6.07, 6.45) is 0. The van der Waals surface area contributed by atoms with Gasteiger partial charge in [0.1, 0.15) is 5.82 Å². The monoisotopic (exact) mass is 331 g/mol. The van der Waals surface area contributed by atoms with Crippen LogP contribution < -0.4 is 16.2 Å². The number of anilines is 2. The molecule has 0 aliphatic heterocycles. The standard InChI is InChI=1S/C22H23BFN/c1-14-8-5-6-10-18(14)23-19-12-17(4)21(13-16(19)3)25-22-15(2)9-7-11-20(22)24/h5-13,23,25H,1-4H3. The lowest BCUT2D eigenvalue weighted by Crippen LogP contribution is -2.31. The summed E-state index contributed by atoms with van der Waals surface area (Å²) in [6.45, 7) is 8.25. The quantitative estimate of drug-likeness (QED) is 0.707. The Bertz CT molecular complexity index is 898. The predicted octanol–water partition coefficient (Wildman–Crippen LogP) is 4.19. The maximum Gasteiger partial charge on any atom is 0.192 e. The smallest absolute Gasteiger partial charge is 0.192 e. The molecule has 0 atom stereocenters. The van der Waals surface area contributed by atoms with E-state index in [1.807, 2.05) is 13.0 Å². The summed E-state index contributed by atoms with van der Waals surface area (Å²) in [7, 11) is 0.915. The lowest BCUT2D eigenvalue weighted by molar-refractivity contribution is 0.631. The molecule has 0 saturated heterocycles. The summed E-state index contributed by atoms with van der Waals surface area (Å²) in [4.78, 5) is 0. The van der Waals surface area contributed by atoms with Crippen molar-refractivity contribution in [1.82, 2.24) is 0 Å². The molecule has 3 aromatic rings. The Balaban J connectivity index is 1.92. The van der Waals surface area contributed by atoms with Crippen molar-refractivity contribution in [1.29, 1.82) is 0 Å². The van der Waals surface area contributed by atoms with Crippen LogP contribution in [0, 0.1) is 33.5 Å². The van der Waals surface area contributed by atoms with Gasteiger partial charge in [-0.2, -0.15) is 0 Å². The van der Waals surface area contributed by atoms with E-state index >= 15 is 0 Å². The average Bonchev–Trinajstić information content (AvgIpc) is 2.57. The van der Waals surface area contributed by atoms with Gasteiger partial charge in [-0.15, -0.1) is 0 Å². The van der Waals surface area contributed by atoms with E-state index in [0.717, 1.165) is 24.1 Å². The lowest BCUT2D eigenvalue weighted by Gasteiger charge is -2.16. The SMILES string of the molecule is Cc1ccccc1Bc1cc(C)c(Nc2c(C)cccc2F)cc1C. The van der Waals surface area contributed by atoms with Gasteiger partial charge in [-0.3, -0.25) is 0 Å². The Kier molecular flexibility index (Phi) is 4.94. The Morgan fingerprint density at radius 1 is 0.720 bits per heavy atom. The van der Waals surface area contributed by atoms with Crippen molar-refractivity contribution in [2.75, 3.05) is 5.32 Å². The molecule has 0 spiro atoms. The van der Waals surface area contributed by atoms with Crippen molar-refractivity contribution in [3.8, 4) is 0 Å². The second-order valence-corrected chi connectivity index (χ2v) is 6.75. The summed E-state index contributed by atoms with van der Waals surface area (Å²) >= 11 is 0. The van der Waals surface area contributed by atoms with E-state index in [2.05, 4.69) is 62.5 Å². The third-order valence-electron chi connectivity index (χ3n) is 4.81. The molecule has 0 amide bonds. The number of hydrogen-bond donors (Lipinski definition) is 1. The van der Waals surface area contributed by atoms with Crippen LogP contribution in [0.5, 0.6) is 0 Å². The average molecular weight is 331 g/mol. The highest BCUT2D eigenvalue weighted by molar-refractivity contribution is 6.68. The zero-order valence-electron chi connectivity index (χ0n) is 15.3. The van der Waals surface area contributed by atoms with Crippen LogP contribution in [-0.4, -0.2) is 7.28 Å². The van der Waals surface area contributed by atoms with Gasteiger partial charge in [0.15, 0.2) is 7.28 Å². The second-order valence-electron chi connectivity index (χ2n) is 6.75. The lowest BCUT2D eigenvalue weighted by atomic mass is 9.61. The molecule has 0 aliphatic rings. The molecule has 0 saturated carbocycles. The molecule has 126 valence electrons. The molecule has 0 radical (unpaired) electrons. The molecule has 0 aliphatic carbocycles. The third-order valence-corrected chi connectivity index (χ3v) is 4.81. The summed E-state index contributed by atoms with van der Waals surface area (Å²) in [5.74, 6) is -0.221. The van der Waals surface area contributed by atoms with Gasteiger partial charge >= 0.3 is 0 Å². The second kappa shape index (κ2) is 7.14. The van der Waals surface area contributed by atoms with Crippen molar-refractivity contribution < 1.29 is 4.39 Å². The summed E-state index contributed by atoms with van der Waals surface area (Å²) in [5, 5.41) is 3.28. The number of para-hydroxylation sites is 1. The molecule has 3 rings (SSSR count). The van der Waals surface area contributed by atoms with E-state index in [0.29, 0.717) is 5.69 Å². The number of hydrogen-bond acceptors (Lipinski definition) is 1. The Morgan fingerprint density at radius 3 is 2.16 bits per heavy atom. The van der Waals surface area contributed by atoms with Crippen LogP contribution in [0.1, 0.15) is 22.3 Å². The molecular formula is C22H23BFN. The molecule has 0 heterocycles. The maximum atomic E-state index is 14.1. The van der Waals surface area contributed by atoms with Crippen LogP contribution in [0.2, 0.25) is 0 Å². The van der Waals surface area contributed by atoms with E-state index < -0.39 is 0 Å². The minimum absolute atomic E-state index is 0.221. The van der Waals surface area contributed by atoms with Crippen molar-refractivity contribution in [3.63, 3.8) is 0 Å². The predicted molar refractivity (Wildman–Crippen MR) is 108 cm³/mol. The molecular weight excluding hydrogens is 308 g/mol. The molecule has 1 nitrogen and oxygen atoms in total. The van der Waals surface area contributed by atoms with Gasteiger partial charge in [-0.25, -0.2) is 4.39 Å². The highest BCUT2D eigenvalue weighted by Crippen LogP contribution is 2.26.